The number of ether oxygens (including phenoxy) is 1. The summed E-state index contributed by atoms with van der Waals surface area (Å²) in [5, 5.41) is 3.04. The highest BCUT2D eigenvalue weighted by Gasteiger charge is 2.43. The number of nitrogens with two attached hydrogens (primary N) is 1. The average molecular weight is 234 g/mol. The molecule has 1 aliphatic rings. The van der Waals surface area contributed by atoms with Crippen molar-refractivity contribution in [2.75, 3.05) is 7.05 Å². The van der Waals surface area contributed by atoms with Crippen LogP contribution in [0.15, 0.2) is 30.3 Å². The van der Waals surface area contributed by atoms with Gasteiger partial charge in [0.1, 0.15) is 17.4 Å². The molecule has 0 aromatic heterocycles. The van der Waals surface area contributed by atoms with Crippen molar-refractivity contribution >= 4 is 5.91 Å². The molecule has 0 heterocycles. The predicted octanol–water partition coefficient (Wildman–Crippen LogP) is 1.06. The number of nitrogens with one attached hydrogen (secondary N) is 1. The van der Waals surface area contributed by atoms with E-state index >= 15 is 0 Å². The van der Waals surface area contributed by atoms with Crippen molar-refractivity contribution < 1.29 is 9.53 Å². The van der Waals surface area contributed by atoms with E-state index in [0.29, 0.717) is 6.42 Å². The molecule has 17 heavy (non-hydrogen) atoms. The van der Waals surface area contributed by atoms with Crippen LogP contribution in [-0.4, -0.2) is 24.6 Å². The molecule has 0 bridgehead atoms. The van der Waals surface area contributed by atoms with E-state index in [0.717, 1.165) is 18.6 Å². The third-order valence-corrected chi connectivity index (χ3v) is 3.47. The van der Waals surface area contributed by atoms with Crippen molar-refractivity contribution in [3.8, 4) is 5.75 Å². The monoisotopic (exact) mass is 234 g/mol. The normalized spacial score (nSPS) is 27.9. The molecule has 0 saturated heterocycles. The van der Waals surface area contributed by atoms with Crippen LogP contribution in [0.2, 0.25) is 0 Å². The fourth-order valence-electron chi connectivity index (χ4n) is 2.37. The highest BCUT2D eigenvalue weighted by Crippen LogP contribution is 2.32. The fourth-order valence-corrected chi connectivity index (χ4v) is 2.37. The summed E-state index contributed by atoms with van der Waals surface area (Å²) in [4.78, 5) is 11.5. The minimum Gasteiger partial charge on any atom is -0.490 e. The number of para-hydroxylation sites is 1. The first-order valence-corrected chi connectivity index (χ1v) is 5.87. The minimum absolute atomic E-state index is 0.0531. The molecule has 0 spiro atoms. The fraction of sp³-hybridized carbons (Fsp3) is 0.462. The highest BCUT2D eigenvalue weighted by molar-refractivity contribution is 5.85. The molecule has 3 N–H and O–H groups in total. The van der Waals surface area contributed by atoms with Gasteiger partial charge in [-0.2, -0.15) is 0 Å². The maximum Gasteiger partial charge on any atom is 0.237 e. The number of carbonyl (C=O) groups excluding carboxylic acids is 1. The van der Waals surface area contributed by atoms with Crippen LogP contribution in [0, 0.1) is 0 Å². The van der Waals surface area contributed by atoms with Crippen molar-refractivity contribution in [2.24, 2.45) is 5.73 Å². The molecule has 2 atom stereocenters. The van der Waals surface area contributed by atoms with Crippen LogP contribution in [0.5, 0.6) is 5.75 Å². The van der Waals surface area contributed by atoms with Crippen molar-refractivity contribution in [1.29, 1.82) is 0 Å². The van der Waals surface area contributed by atoms with E-state index in [1.54, 1.807) is 7.05 Å². The lowest BCUT2D eigenvalue weighted by molar-refractivity contribution is -0.124. The summed E-state index contributed by atoms with van der Waals surface area (Å²) in [6.45, 7) is 0. The largest absolute Gasteiger partial charge is 0.490 e. The lowest BCUT2D eigenvalue weighted by Gasteiger charge is -2.24. The topological polar surface area (TPSA) is 64.3 Å². The van der Waals surface area contributed by atoms with E-state index in [-0.39, 0.29) is 12.0 Å². The zero-order chi connectivity index (χ0) is 12.3. The first-order chi connectivity index (χ1) is 8.16. The zero-order valence-electron chi connectivity index (χ0n) is 9.98. The van der Waals surface area contributed by atoms with Gasteiger partial charge < -0.3 is 15.8 Å². The number of likely N-dealkylation sites (N-methyl/N-ethyl adjacent to an activating group) is 1. The Bertz CT molecular complexity index is 394. The molecule has 2 unspecified atom stereocenters. The lowest BCUT2D eigenvalue weighted by Crippen LogP contribution is -2.52. The lowest BCUT2D eigenvalue weighted by atomic mass is 9.97. The molecule has 1 aromatic carbocycles. The molecule has 1 fully saturated rings. The van der Waals surface area contributed by atoms with Crippen LogP contribution >= 0.6 is 0 Å². The first-order valence-electron chi connectivity index (χ1n) is 5.87. The first kappa shape index (κ1) is 11.9. The van der Waals surface area contributed by atoms with Gasteiger partial charge in [0.05, 0.1) is 0 Å². The van der Waals surface area contributed by atoms with Gasteiger partial charge in [0, 0.05) is 6.42 Å². The predicted molar refractivity (Wildman–Crippen MR) is 65.7 cm³/mol. The van der Waals surface area contributed by atoms with Gasteiger partial charge in [-0.05, 0) is 32.0 Å². The summed E-state index contributed by atoms with van der Waals surface area (Å²) in [5.74, 6) is 0.549. The van der Waals surface area contributed by atoms with Crippen LogP contribution in [0.1, 0.15) is 19.3 Å². The second kappa shape index (κ2) is 4.75. The van der Waals surface area contributed by atoms with Gasteiger partial charge in [-0.15, -0.1) is 0 Å². The van der Waals surface area contributed by atoms with Gasteiger partial charge >= 0.3 is 0 Å². The summed E-state index contributed by atoms with van der Waals surface area (Å²) in [5.41, 5.74) is 4.84. The molecular weight excluding hydrogens is 216 g/mol. The molecule has 0 aliphatic heterocycles. The van der Waals surface area contributed by atoms with Gasteiger partial charge in [-0.25, -0.2) is 0 Å². The number of rotatable bonds is 4. The molecule has 1 saturated carbocycles. The molecule has 4 heteroatoms. The Morgan fingerprint density at radius 3 is 2.71 bits per heavy atom. The third kappa shape index (κ3) is 2.42. The van der Waals surface area contributed by atoms with Crippen molar-refractivity contribution in [3.63, 3.8) is 0 Å². The molecule has 1 aliphatic carbocycles. The summed E-state index contributed by atoms with van der Waals surface area (Å²) in [6, 6.07) is 9.66. The van der Waals surface area contributed by atoms with Crippen LogP contribution in [0.3, 0.4) is 0 Å². The van der Waals surface area contributed by atoms with Crippen LogP contribution in [0.25, 0.3) is 0 Å². The van der Waals surface area contributed by atoms with Crippen LogP contribution in [-0.2, 0) is 4.79 Å². The molecule has 1 amide bonds. The number of primary amides is 1. The summed E-state index contributed by atoms with van der Waals surface area (Å²) >= 11 is 0. The quantitative estimate of drug-likeness (QED) is 0.818. The van der Waals surface area contributed by atoms with E-state index in [4.69, 9.17) is 10.5 Å². The maximum absolute atomic E-state index is 11.5. The van der Waals surface area contributed by atoms with E-state index in [9.17, 15) is 4.79 Å². The summed E-state index contributed by atoms with van der Waals surface area (Å²) < 4.78 is 5.83. The highest BCUT2D eigenvalue weighted by atomic mass is 16.5. The third-order valence-electron chi connectivity index (χ3n) is 3.47. The number of benzene rings is 1. The molecule has 2 rings (SSSR count). The van der Waals surface area contributed by atoms with Crippen LogP contribution < -0.4 is 15.8 Å². The summed E-state index contributed by atoms with van der Waals surface area (Å²) in [7, 11) is 1.77. The smallest absolute Gasteiger partial charge is 0.237 e. The van der Waals surface area contributed by atoms with E-state index in [1.165, 1.54) is 0 Å². The standard InChI is InChI=1S/C13H18N2O2/c1-15-13(12(14)16)8-7-11(9-13)17-10-5-3-2-4-6-10/h2-6,11,15H,7-9H2,1H3,(H2,14,16). The zero-order valence-corrected chi connectivity index (χ0v) is 9.98. The molecular formula is C13H18N2O2. The molecule has 1 aromatic rings. The second-order valence-corrected chi connectivity index (χ2v) is 4.49. The molecule has 92 valence electrons. The Morgan fingerprint density at radius 2 is 2.18 bits per heavy atom. The van der Waals surface area contributed by atoms with E-state index < -0.39 is 5.54 Å². The van der Waals surface area contributed by atoms with Crippen molar-refractivity contribution in [1.82, 2.24) is 5.32 Å². The Morgan fingerprint density at radius 1 is 1.47 bits per heavy atom. The summed E-state index contributed by atoms with van der Waals surface area (Å²) in [6.07, 6.45) is 2.26. The molecule has 4 nitrogen and oxygen atoms in total. The minimum atomic E-state index is -0.598. The maximum atomic E-state index is 11.5. The Hall–Kier alpha value is -1.55. The van der Waals surface area contributed by atoms with Gasteiger partial charge in [-0.3, -0.25) is 4.79 Å². The van der Waals surface area contributed by atoms with E-state index in [2.05, 4.69) is 5.32 Å². The van der Waals surface area contributed by atoms with Crippen LogP contribution in [0.4, 0.5) is 0 Å². The number of hydrogen-bond acceptors (Lipinski definition) is 3. The SMILES string of the molecule is CNC1(C(N)=O)CCC(Oc2ccccc2)C1. The number of amides is 1. The van der Waals surface area contributed by atoms with Crippen molar-refractivity contribution in [3.05, 3.63) is 30.3 Å². The van der Waals surface area contributed by atoms with E-state index in [1.807, 2.05) is 30.3 Å². The number of hydrogen-bond donors (Lipinski definition) is 2. The van der Waals surface area contributed by atoms with Gasteiger partial charge in [0.25, 0.3) is 0 Å². The Balaban J connectivity index is 2.01. The van der Waals surface area contributed by atoms with Gasteiger partial charge in [0.2, 0.25) is 5.91 Å². The van der Waals surface area contributed by atoms with Gasteiger partial charge in [0.15, 0.2) is 0 Å². The Labute approximate surface area is 101 Å². The molecule has 0 radical (unpaired) electrons. The van der Waals surface area contributed by atoms with Crippen molar-refractivity contribution in [2.45, 2.75) is 30.9 Å². The second-order valence-electron chi connectivity index (χ2n) is 4.49. The Kier molecular flexibility index (Phi) is 3.33. The average Bonchev–Trinajstić information content (AvgIpc) is 2.75. The van der Waals surface area contributed by atoms with Gasteiger partial charge in [-0.1, -0.05) is 18.2 Å². The number of carbonyl (C=O) groups is 1.